The molecule has 0 N–H and O–H groups in total. The molecule has 0 amide bonds. The van der Waals surface area contributed by atoms with Crippen LogP contribution in [0.15, 0.2) is 12.2 Å². The van der Waals surface area contributed by atoms with Crippen LogP contribution in [0.2, 0.25) is 0 Å². The lowest BCUT2D eigenvalue weighted by molar-refractivity contribution is -0.0261. The van der Waals surface area contributed by atoms with Crippen LogP contribution in [0.1, 0.15) is 96.8 Å². The number of hydrogen-bond donors (Lipinski definition) is 0. The summed E-state index contributed by atoms with van der Waals surface area (Å²) in [7, 11) is 0. The average Bonchev–Trinajstić information content (AvgIpc) is 3.10. The lowest BCUT2D eigenvalue weighted by Gasteiger charge is -2.09. The Kier molecular flexibility index (Phi) is 45.7. The van der Waals surface area contributed by atoms with Crippen molar-refractivity contribution in [2.45, 2.75) is 96.8 Å². The topological polar surface area (TPSA) is 92.3 Å². The summed E-state index contributed by atoms with van der Waals surface area (Å²) in [5.41, 5.74) is 0. The predicted molar refractivity (Wildman–Crippen MR) is 193 cm³/mol. The van der Waals surface area contributed by atoms with Gasteiger partial charge in [0.2, 0.25) is 0 Å². The zero-order valence-electron chi connectivity index (χ0n) is 31.0. The van der Waals surface area contributed by atoms with Crippen LogP contribution in [0.5, 0.6) is 0 Å². The molecule has 0 spiro atoms. The van der Waals surface area contributed by atoms with Gasteiger partial charge in [0.1, 0.15) is 0 Å². The van der Waals surface area contributed by atoms with Gasteiger partial charge in [-0.3, -0.25) is 0 Å². The Morgan fingerprint density at radius 3 is 0.854 bits per heavy atom. The highest BCUT2D eigenvalue weighted by Crippen LogP contribution is 2.10. The SMILES string of the molecule is [CH2]COCCOCCOCCOCCOCCOCCOCCOCCOCCOCCCCCCCC/C=C\CCCCCCCC. The second-order valence-corrected chi connectivity index (χ2v) is 11.6. The van der Waals surface area contributed by atoms with Crippen LogP contribution in [0.4, 0.5) is 0 Å². The number of ether oxygens (including phenoxy) is 10. The molecule has 0 fully saturated rings. The van der Waals surface area contributed by atoms with Crippen molar-refractivity contribution in [3.8, 4) is 0 Å². The molecule has 10 nitrogen and oxygen atoms in total. The first-order chi connectivity index (χ1) is 23.9. The lowest BCUT2D eigenvalue weighted by atomic mass is 10.1. The molecule has 1 radical (unpaired) electrons. The smallest absolute Gasteiger partial charge is 0.0701 e. The summed E-state index contributed by atoms with van der Waals surface area (Å²) >= 11 is 0. The summed E-state index contributed by atoms with van der Waals surface area (Å²) in [4.78, 5) is 0. The molecule has 0 aromatic carbocycles. The Balaban J connectivity index is 3.06. The molecule has 0 bridgehead atoms. The summed E-state index contributed by atoms with van der Waals surface area (Å²) in [5.74, 6) is 0. The molecule has 0 saturated carbocycles. The van der Waals surface area contributed by atoms with Crippen molar-refractivity contribution in [3.05, 3.63) is 19.1 Å². The normalized spacial score (nSPS) is 11.8. The van der Waals surface area contributed by atoms with E-state index < -0.39 is 0 Å². The fourth-order valence-corrected chi connectivity index (χ4v) is 4.53. The van der Waals surface area contributed by atoms with Gasteiger partial charge >= 0.3 is 0 Å². The number of hydrogen-bond acceptors (Lipinski definition) is 10. The third-order valence-electron chi connectivity index (χ3n) is 7.29. The van der Waals surface area contributed by atoms with E-state index in [9.17, 15) is 0 Å². The first-order valence-electron chi connectivity index (χ1n) is 19.1. The Labute approximate surface area is 295 Å². The molecule has 0 heterocycles. The summed E-state index contributed by atoms with van der Waals surface area (Å²) < 4.78 is 54.6. The van der Waals surface area contributed by atoms with Crippen LogP contribution >= 0.6 is 0 Å². The van der Waals surface area contributed by atoms with Crippen LogP contribution in [-0.2, 0) is 47.4 Å². The number of allylic oxidation sites excluding steroid dienone is 2. The van der Waals surface area contributed by atoms with Crippen LogP contribution in [-0.4, -0.2) is 132 Å². The highest BCUT2D eigenvalue weighted by atomic mass is 16.6. The van der Waals surface area contributed by atoms with E-state index in [2.05, 4.69) is 26.0 Å². The van der Waals surface area contributed by atoms with Crippen LogP contribution < -0.4 is 0 Å². The first-order valence-corrected chi connectivity index (χ1v) is 19.1. The Hall–Kier alpha value is -0.660. The van der Waals surface area contributed by atoms with Gasteiger partial charge in [0.25, 0.3) is 0 Å². The highest BCUT2D eigenvalue weighted by molar-refractivity contribution is 4.81. The van der Waals surface area contributed by atoms with Crippen molar-refractivity contribution in [3.63, 3.8) is 0 Å². The van der Waals surface area contributed by atoms with E-state index in [0.717, 1.165) is 13.0 Å². The maximum atomic E-state index is 5.68. The Bertz CT molecular complexity index is 582. The second kappa shape index (κ2) is 46.3. The minimum atomic E-state index is 0.465. The number of rotatable bonds is 44. The van der Waals surface area contributed by atoms with E-state index in [1.165, 1.54) is 83.5 Å². The minimum absolute atomic E-state index is 0.465. The van der Waals surface area contributed by atoms with Crippen molar-refractivity contribution in [2.24, 2.45) is 0 Å². The highest BCUT2D eigenvalue weighted by Gasteiger charge is 1.97. The number of unbranched alkanes of at least 4 members (excludes halogenated alkanes) is 12. The fraction of sp³-hybridized carbons (Fsp3) is 0.921. The molecule has 48 heavy (non-hydrogen) atoms. The van der Waals surface area contributed by atoms with Gasteiger partial charge in [0.15, 0.2) is 0 Å². The maximum absolute atomic E-state index is 5.68. The first kappa shape index (κ1) is 47.3. The second-order valence-electron chi connectivity index (χ2n) is 11.6. The van der Waals surface area contributed by atoms with E-state index in [0.29, 0.717) is 126 Å². The Morgan fingerprint density at radius 1 is 0.292 bits per heavy atom. The van der Waals surface area contributed by atoms with Gasteiger partial charge < -0.3 is 47.4 Å². The standard InChI is InChI=1S/C38H75O10/c1-3-5-6-7-8-9-10-11-12-13-14-15-16-17-18-19-20-40-23-24-42-27-28-44-31-32-46-35-36-48-38-37-47-34-33-45-30-29-43-26-25-41-22-21-39-4-2/h11-12H,2-10,13-38H2,1H3/b12-11-. The Morgan fingerprint density at radius 2 is 0.542 bits per heavy atom. The van der Waals surface area contributed by atoms with Crippen LogP contribution in [0, 0.1) is 6.92 Å². The molecule has 0 aliphatic heterocycles. The summed E-state index contributed by atoms with van der Waals surface area (Å²) in [6, 6.07) is 0. The molecule has 287 valence electrons. The van der Waals surface area contributed by atoms with Crippen molar-refractivity contribution >= 4 is 0 Å². The third kappa shape index (κ3) is 45.3. The summed E-state index contributed by atoms with van der Waals surface area (Å²) in [6.07, 6.45) is 23.3. The quantitative estimate of drug-likeness (QED) is 0.0490. The van der Waals surface area contributed by atoms with Crippen LogP contribution in [0.3, 0.4) is 0 Å². The van der Waals surface area contributed by atoms with Crippen molar-refractivity contribution < 1.29 is 47.4 Å². The van der Waals surface area contributed by atoms with E-state index in [1.54, 1.807) is 0 Å². The van der Waals surface area contributed by atoms with Gasteiger partial charge in [-0.2, -0.15) is 0 Å². The molecule has 10 heteroatoms. The molecular formula is C38H75O10. The van der Waals surface area contributed by atoms with E-state index >= 15 is 0 Å². The zero-order valence-corrected chi connectivity index (χ0v) is 31.0. The van der Waals surface area contributed by atoms with Gasteiger partial charge in [-0.1, -0.05) is 76.9 Å². The zero-order chi connectivity index (χ0) is 34.5. The van der Waals surface area contributed by atoms with Crippen LogP contribution in [0.25, 0.3) is 0 Å². The summed E-state index contributed by atoms with van der Waals surface area (Å²) in [6.45, 7) is 17.1. The van der Waals surface area contributed by atoms with E-state index in [-0.39, 0.29) is 0 Å². The van der Waals surface area contributed by atoms with Gasteiger partial charge in [-0.25, -0.2) is 0 Å². The van der Waals surface area contributed by atoms with Gasteiger partial charge in [-0.05, 0) is 39.0 Å². The molecule has 0 saturated heterocycles. The van der Waals surface area contributed by atoms with E-state index in [4.69, 9.17) is 47.4 Å². The molecule has 0 rings (SSSR count). The van der Waals surface area contributed by atoms with Crippen molar-refractivity contribution in [1.29, 1.82) is 0 Å². The third-order valence-corrected chi connectivity index (χ3v) is 7.29. The van der Waals surface area contributed by atoms with Gasteiger partial charge in [-0.15, -0.1) is 0 Å². The fourth-order valence-electron chi connectivity index (χ4n) is 4.53. The maximum Gasteiger partial charge on any atom is 0.0701 e. The lowest BCUT2D eigenvalue weighted by Crippen LogP contribution is -2.15. The molecule has 0 aromatic heterocycles. The molecule has 0 aliphatic carbocycles. The average molecular weight is 692 g/mol. The van der Waals surface area contributed by atoms with Crippen molar-refractivity contribution in [2.75, 3.05) is 132 Å². The predicted octanol–water partition coefficient (Wildman–Crippen LogP) is 7.02. The molecule has 0 unspecified atom stereocenters. The molecular weight excluding hydrogens is 616 g/mol. The van der Waals surface area contributed by atoms with Gasteiger partial charge in [0, 0.05) is 13.2 Å². The molecule has 0 aliphatic rings. The summed E-state index contributed by atoms with van der Waals surface area (Å²) in [5, 5.41) is 0. The molecule has 0 atom stereocenters. The largest absolute Gasteiger partial charge is 0.379 e. The minimum Gasteiger partial charge on any atom is -0.379 e. The molecule has 0 aromatic rings. The monoisotopic (exact) mass is 692 g/mol. The van der Waals surface area contributed by atoms with E-state index in [1.807, 2.05) is 0 Å². The van der Waals surface area contributed by atoms with Crippen molar-refractivity contribution in [1.82, 2.24) is 0 Å². The van der Waals surface area contributed by atoms with Gasteiger partial charge in [0.05, 0.1) is 119 Å².